The van der Waals surface area contributed by atoms with Crippen LogP contribution in [-0.4, -0.2) is 55.1 Å². The highest BCUT2D eigenvalue weighted by atomic mass is 31.2. The number of carbonyl (C=O) groups is 3. The first-order chi connectivity index (χ1) is 26.5. The molecular weight excluding hydrogens is 721 g/mol. The van der Waals surface area contributed by atoms with E-state index in [1.807, 2.05) is 12.2 Å². The minimum absolute atomic E-state index is 0.0339. The Balaban J connectivity index is 2.28. The highest BCUT2D eigenvalue weighted by molar-refractivity contribution is 7.47. The summed E-state index contributed by atoms with van der Waals surface area (Å²) in [6.07, 6.45) is 27.5. The van der Waals surface area contributed by atoms with Gasteiger partial charge in [-0.05, 0) is 76.0 Å². The summed E-state index contributed by atoms with van der Waals surface area (Å²) in [5, 5.41) is 0. The second-order valence-electron chi connectivity index (χ2n) is 14.5. The molecule has 1 aromatic heterocycles. The highest BCUT2D eigenvalue weighted by Gasteiger charge is 2.26. The largest absolute Gasteiger partial charge is 0.472 e. The number of phosphoric ester groups is 1. The van der Waals surface area contributed by atoms with E-state index in [4.69, 9.17) is 28.7 Å². The number of carbonyl (C=O) groups excluding carboxylic acids is 3. The van der Waals surface area contributed by atoms with Crippen LogP contribution in [0.3, 0.4) is 0 Å². The van der Waals surface area contributed by atoms with Crippen LogP contribution in [0, 0.1) is 13.8 Å². The summed E-state index contributed by atoms with van der Waals surface area (Å²) >= 11 is 0. The third-order valence-corrected chi connectivity index (χ3v) is 10.5. The fraction of sp³-hybridized carbons (Fsp3) is 0.744. The Labute approximate surface area is 332 Å². The molecule has 0 aliphatic carbocycles. The van der Waals surface area contributed by atoms with Crippen molar-refractivity contribution >= 4 is 25.5 Å². The Hall–Kier alpha value is -2.56. The van der Waals surface area contributed by atoms with Gasteiger partial charge in [-0.1, -0.05) is 103 Å². The number of hydrogen-bond acceptors (Lipinski definition) is 10. The molecule has 0 aromatic carbocycles. The fourth-order valence-corrected chi connectivity index (χ4v) is 6.84. The third-order valence-electron chi connectivity index (χ3n) is 9.49. The predicted octanol–water partition coefficient (Wildman–Crippen LogP) is 10.4. The lowest BCUT2D eigenvalue weighted by Gasteiger charge is -2.19. The van der Waals surface area contributed by atoms with Crippen LogP contribution in [0.1, 0.15) is 171 Å². The number of ketones is 1. The van der Waals surface area contributed by atoms with E-state index >= 15 is 0 Å². The second kappa shape index (κ2) is 32.5. The van der Waals surface area contributed by atoms with Gasteiger partial charge < -0.3 is 24.5 Å². The van der Waals surface area contributed by atoms with E-state index in [-0.39, 0.29) is 38.4 Å². The molecule has 55 heavy (non-hydrogen) atoms. The number of phosphoric acid groups is 1. The molecule has 0 aliphatic rings. The minimum atomic E-state index is -4.41. The SMILES string of the molecule is CCCCCC(=O)/C=C/C=C\CCCCCCCC(=O)OC[C@H](COP(=O)(O)OCCN)OC(=O)CCCCCCCCCCc1oc(CCC)c(C)c1C. The van der Waals surface area contributed by atoms with E-state index in [9.17, 15) is 23.8 Å². The fourth-order valence-electron chi connectivity index (χ4n) is 6.07. The molecule has 0 saturated carbocycles. The molecule has 0 radical (unpaired) electrons. The van der Waals surface area contributed by atoms with Gasteiger partial charge in [-0.25, -0.2) is 4.57 Å². The van der Waals surface area contributed by atoms with Gasteiger partial charge in [0.25, 0.3) is 0 Å². The monoisotopic (exact) mass is 796 g/mol. The number of furan rings is 1. The lowest BCUT2D eigenvalue weighted by Crippen LogP contribution is -2.29. The summed E-state index contributed by atoms with van der Waals surface area (Å²) in [5.74, 6) is 1.54. The topological polar surface area (TPSA) is 165 Å². The summed E-state index contributed by atoms with van der Waals surface area (Å²) in [4.78, 5) is 46.7. The molecule has 0 saturated heterocycles. The Bertz CT molecular complexity index is 1290. The van der Waals surface area contributed by atoms with Crippen molar-refractivity contribution in [3.63, 3.8) is 0 Å². The molecule has 0 amide bonds. The number of esters is 2. The number of allylic oxidation sites excluding steroid dienone is 4. The standard InChI is InChI=1S/C43H74NO10P/c1-5-7-21-27-38(45)28-22-17-13-9-8-10-15-19-24-30-42(46)50-34-39(35-52-55(48,49)51-33-32-44)53-43(47)31-25-20-16-12-11-14-18-23-29-41-37(4)36(3)40(54-41)26-6-2/h13,17,22,28,39H,5-12,14-16,18-21,23-27,29-35,44H2,1-4H3,(H,48,49)/b17-13-,28-22+/t39-/m1/s1. The van der Waals surface area contributed by atoms with Crippen LogP contribution in [0.4, 0.5) is 0 Å². The predicted molar refractivity (Wildman–Crippen MR) is 219 cm³/mol. The maximum Gasteiger partial charge on any atom is 0.472 e. The van der Waals surface area contributed by atoms with Crippen LogP contribution in [-0.2, 0) is 50.3 Å². The third kappa shape index (κ3) is 26.8. The molecule has 1 rings (SSSR count). The smallest absolute Gasteiger partial charge is 0.466 e. The Morgan fingerprint density at radius 3 is 1.93 bits per heavy atom. The highest BCUT2D eigenvalue weighted by Crippen LogP contribution is 2.43. The maximum absolute atomic E-state index is 12.6. The lowest BCUT2D eigenvalue weighted by atomic mass is 10.0. The van der Waals surface area contributed by atoms with Gasteiger partial charge in [0.05, 0.1) is 13.2 Å². The van der Waals surface area contributed by atoms with Crippen molar-refractivity contribution in [2.24, 2.45) is 5.73 Å². The molecule has 1 aromatic rings. The minimum Gasteiger partial charge on any atom is -0.466 e. The van der Waals surface area contributed by atoms with E-state index < -0.39 is 32.5 Å². The van der Waals surface area contributed by atoms with Gasteiger partial charge in [0.2, 0.25) is 0 Å². The summed E-state index contributed by atoms with van der Waals surface area (Å²) in [7, 11) is -4.41. The van der Waals surface area contributed by atoms with Crippen molar-refractivity contribution in [2.75, 3.05) is 26.4 Å². The zero-order valence-electron chi connectivity index (χ0n) is 34.6. The van der Waals surface area contributed by atoms with Crippen molar-refractivity contribution in [1.82, 2.24) is 0 Å². The first-order valence-electron chi connectivity index (χ1n) is 21.1. The number of rotatable bonds is 36. The molecule has 1 heterocycles. The molecule has 0 bridgehead atoms. The first kappa shape index (κ1) is 50.5. The Kier molecular flexibility index (Phi) is 29.8. The average molecular weight is 796 g/mol. The molecule has 11 nitrogen and oxygen atoms in total. The van der Waals surface area contributed by atoms with Gasteiger partial charge in [-0.2, -0.15) is 0 Å². The summed E-state index contributed by atoms with van der Waals surface area (Å²) in [5.41, 5.74) is 7.95. The van der Waals surface area contributed by atoms with Gasteiger partial charge >= 0.3 is 19.8 Å². The zero-order chi connectivity index (χ0) is 40.6. The Morgan fingerprint density at radius 1 is 0.709 bits per heavy atom. The quantitative estimate of drug-likeness (QED) is 0.0218. The van der Waals surface area contributed by atoms with Crippen LogP contribution in [0.5, 0.6) is 0 Å². The summed E-state index contributed by atoms with van der Waals surface area (Å²) in [6.45, 7) is 7.72. The molecule has 316 valence electrons. The molecule has 3 N–H and O–H groups in total. The van der Waals surface area contributed by atoms with Crippen molar-refractivity contribution in [3.05, 3.63) is 47.0 Å². The second-order valence-corrected chi connectivity index (χ2v) is 15.9. The van der Waals surface area contributed by atoms with Crippen molar-refractivity contribution < 1.29 is 46.8 Å². The number of hydrogen-bond donors (Lipinski definition) is 2. The molecule has 12 heteroatoms. The van der Waals surface area contributed by atoms with Crippen LogP contribution < -0.4 is 5.73 Å². The maximum atomic E-state index is 12.6. The number of unbranched alkanes of at least 4 members (excludes halogenated alkanes) is 14. The molecule has 1 unspecified atom stereocenters. The van der Waals surface area contributed by atoms with E-state index in [1.165, 1.54) is 24.0 Å². The molecule has 0 aliphatic heterocycles. The first-order valence-corrected chi connectivity index (χ1v) is 22.6. The summed E-state index contributed by atoms with van der Waals surface area (Å²) in [6, 6.07) is 0. The Morgan fingerprint density at radius 2 is 1.29 bits per heavy atom. The summed E-state index contributed by atoms with van der Waals surface area (Å²) < 4.78 is 38.8. The van der Waals surface area contributed by atoms with E-state index in [0.717, 1.165) is 114 Å². The van der Waals surface area contributed by atoms with E-state index in [0.29, 0.717) is 19.3 Å². The molecular formula is C43H74NO10P. The molecule has 0 spiro atoms. The van der Waals surface area contributed by atoms with Gasteiger partial charge in [0.1, 0.15) is 18.1 Å². The number of aryl methyl sites for hydroxylation is 2. The van der Waals surface area contributed by atoms with Crippen LogP contribution in [0.15, 0.2) is 28.7 Å². The van der Waals surface area contributed by atoms with Crippen molar-refractivity contribution in [1.29, 1.82) is 0 Å². The van der Waals surface area contributed by atoms with Gasteiger partial charge in [-0.15, -0.1) is 0 Å². The van der Waals surface area contributed by atoms with E-state index in [2.05, 4.69) is 33.8 Å². The number of nitrogens with two attached hydrogens (primary N) is 1. The molecule has 2 atom stereocenters. The number of ether oxygens (including phenoxy) is 2. The van der Waals surface area contributed by atoms with Crippen molar-refractivity contribution in [2.45, 2.75) is 181 Å². The molecule has 0 fully saturated rings. The van der Waals surface area contributed by atoms with Crippen molar-refractivity contribution in [3.8, 4) is 0 Å². The van der Waals surface area contributed by atoms with Gasteiger partial charge in [-0.3, -0.25) is 23.4 Å². The normalized spacial score (nSPS) is 13.4. The average Bonchev–Trinajstić information content (AvgIpc) is 3.42. The van der Waals surface area contributed by atoms with Gasteiger partial charge in [0, 0.05) is 38.6 Å². The zero-order valence-corrected chi connectivity index (χ0v) is 35.5. The van der Waals surface area contributed by atoms with E-state index in [1.54, 1.807) is 6.08 Å². The van der Waals surface area contributed by atoms with Crippen LogP contribution in [0.25, 0.3) is 0 Å². The lowest BCUT2D eigenvalue weighted by molar-refractivity contribution is -0.161. The van der Waals surface area contributed by atoms with Crippen LogP contribution in [0.2, 0.25) is 0 Å². The van der Waals surface area contributed by atoms with Crippen LogP contribution >= 0.6 is 7.82 Å². The van der Waals surface area contributed by atoms with Gasteiger partial charge in [0.15, 0.2) is 11.9 Å².